The maximum atomic E-state index is 11.4. The summed E-state index contributed by atoms with van der Waals surface area (Å²) in [5.74, 6) is 0.250. The zero-order valence-electron chi connectivity index (χ0n) is 16.4. The van der Waals surface area contributed by atoms with Crippen LogP contribution in [0.2, 0.25) is 0 Å². The van der Waals surface area contributed by atoms with Crippen LogP contribution in [0.3, 0.4) is 0 Å². The molecule has 0 radical (unpaired) electrons. The number of carbonyl (C=O) groups is 1. The van der Waals surface area contributed by atoms with Gasteiger partial charge in [0.15, 0.2) is 0 Å². The molecule has 0 bridgehead atoms. The predicted octanol–water partition coefficient (Wildman–Crippen LogP) is 2.50. The van der Waals surface area contributed by atoms with E-state index in [9.17, 15) is 4.79 Å². The monoisotopic (exact) mass is 379 g/mol. The van der Waals surface area contributed by atoms with E-state index in [0.29, 0.717) is 5.41 Å². The van der Waals surface area contributed by atoms with Gasteiger partial charge in [0.2, 0.25) is 0 Å². The van der Waals surface area contributed by atoms with Crippen LogP contribution in [0.1, 0.15) is 41.7 Å². The summed E-state index contributed by atoms with van der Waals surface area (Å²) in [6, 6.07) is 10.7. The van der Waals surface area contributed by atoms with Crippen molar-refractivity contribution in [1.29, 1.82) is 0 Å². The van der Waals surface area contributed by atoms with Crippen LogP contribution in [0.4, 0.5) is 5.82 Å². The van der Waals surface area contributed by atoms with Crippen molar-refractivity contribution < 1.29 is 4.79 Å². The van der Waals surface area contributed by atoms with Crippen LogP contribution in [0.5, 0.6) is 0 Å². The molecule has 1 spiro atoms. The Morgan fingerprint density at radius 1 is 1.11 bits per heavy atom. The molecule has 2 fully saturated rings. The molecule has 0 unspecified atom stereocenters. The highest BCUT2D eigenvalue weighted by Crippen LogP contribution is 2.40. The summed E-state index contributed by atoms with van der Waals surface area (Å²) in [5.41, 5.74) is 7.35. The van der Waals surface area contributed by atoms with Gasteiger partial charge in [0, 0.05) is 25.0 Å². The predicted molar refractivity (Wildman–Crippen MR) is 110 cm³/mol. The van der Waals surface area contributed by atoms with Crippen molar-refractivity contribution in [3.05, 3.63) is 54.0 Å². The van der Waals surface area contributed by atoms with Gasteiger partial charge in [-0.25, -0.2) is 4.98 Å². The van der Waals surface area contributed by atoms with Gasteiger partial charge in [-0.05, 0) is 50.8 Å². The van der Waals surface area contributed by atoms with Crippen molar-refractivity contribution in [3.63, 3.8) is 0 Å². The minimum Gasteiger partial charge on any atom is -0.364 e. The molecular formula is C22H29N5O. The highest BCUT2D eigenvalue weighted by molar-refractivity contribution is 5.90. The Morgan fingerprint density at radius 3 is 2.79 bits per heavy atom. The van der Waals surface area contributed by atoms with Gasteiger partial charge in [-0.15, -0.1) is 0 Å². The number of likely N-dealkylation sites (tertiary alicyclic amines) is 1. The molecule has 2 saturated heterocycles. The van der Waals surface area contributed by atoms with Gasteiger partial charge >= 0.3 is 0 Å². The summed E-state index contributed by atoms with van der Waals surface area (Å²) in [4.78, 5) is 24.9. The minimum atomic E-state index is -0.523. The molecule has 6 nitrogen and oxygen atoms in total. The van der Waals surface area contributed by atoms with Crippen molar-refractivity contribution in [1.82, 2.24) is 14.9 Å². The molecule has 3 heterocycles. The molecule has 2 aliphatic rings. The molecule has 1 amide bonds. The molecule has 148 valence electrons. The molecule has 1 aromatic heterocycles. The number of aromatic nitrogens is 2. The van der Waals surface area contributed by atoms with E-state index in [-0.39, 0.29) is 5.69 Å². The van der Waals surface area contributed by atoms with E-state index in [1.54, 1.807) is 6.20 Å². The fraction of sp³-hybridized carbons (Fsp3) is 0.500. The minimum absolute atomic E-state index is 0.240. The van der Waals surface area contributed by atoms with Gasteiger partial charge in [0.1, 0.15) is 11.5 Å². The van der Waals surface area contributed by atoms with Crippen LogP contribution in [-0.4, -0.2) is 53.5 Å². The number of nitrogens with zero attached hydrogens (tertiary/aromatic N) is 4. The SMILES string of the molecule is NC(=O)c1cncc(N2CC[C@]3(CCCN(CCCc4ccccc4)C3)C2)n1. The van der Waals surface area contributed by atoms with Crippen LogP contribution in [-0.2, 0) is 6.42 Å². The van der Waals surface area contributed by atoms with E-state index >= 15 is 0 Å². The number of amides is 1. The lowest BCUT2D eigenvalue weighted by molar-refractivity contribution is 0.0995. The Labute approximate surface area is 166 Å². The first-order valence-electron chi connectivity index (χ1n) is 10.3. The third kappa shape index (κ3) is 4.33. The zero-order valence-corrected chi connectivity index (χ0v) is 16.4. The van der Waals surface area contributed by atoms with Gasteiger partial charge in [-0.3, -0.25) is 9.78 Å². The zero-order chi connectivity index (χ0) is 19.4. The standard InChI is InChI=1S/C22H29N5O/c23-21(28)19-14-24-15-20(25-19)27-13-10-22(17-27)9-5-12-26(16-22)11-4-8-18-6-2-1-3-7-18/h1-3,6-7,14-15H,4-5,8-13,16-17H2,(H2,23,28)/t22-/m0/s1. The fourth-order valence-corrected chi connectivity index (χ4v) is 4.74. The van der Waals surface area contributed by atoms with Crippen LogP contribution < -0.4 is 10.6 Å². The van der Waals surface area contributed by atoms with Crippen molar-refractivity contribution >= 4 is 11.7 Å². The fourth-order valence-electron chi connectivity index (χ4n) is 4.74. The topological polar surface area (TPSA) is 75.4 Å². The van der Waals surface area contributed by atoms with Gasteiger partial charge in [-0.1, -0.05) is 30.3 Å². The molecule has 1 atom stereocenters. The lowest BCUT2D eigenvalue weighted by atomic mass is 9.79. The molecule has 0 aliphatic carbocycles. The maximum Gasteiger partial charge on any atom is 0.268 e. The molecule has 0 saturated carbocycles. The number of carbonyl (C=O) groups excluding carboxylic acids is 1. The van der Waals surface area contributed by atoms with Crippen molar-refractivity contribution in [3.8, 4) is 0 Å². The smallest absolute Gasteiger partial charge is 0.268 e. The van der Waals surface area contributed by atoms with E-state index in [1.165, 1.54) is 44.0 Å². The first-order chi connectivity index (χ1) is 13.6. The third-order valence-corrected chi connectivity index (χ3v) is 6.16. The molecule has 1 aromatic carbocycles. The second-order valence-electron chi connectivity index (χ2n) is 8.27. The molecular weight excluding hydrogens is 350 g/mol. The second kappa shape index (κ2) is 8.27. The molecule has 2 aromatic rings. The van der Waals surface area contributed by atoms with E-state index in [4.69, 9.17) is 5.73 Å². The molecule has 28 heavy (non-hydrogen) atoms. The maximum absolute atomic E-state index is 11.4. The number of hydrogen-bond donors (Lipinski definition) is 1. The van der Waals surface area contributed by atoms with Gasteiger partial charge in [0.25, 0.3) is 5.91 Å². The number of aryl methyl sites for hydroxylation is 1. The van der Waals surface area contributed by atoms with Crippen molar-refractivity contribution in [2.24, 2.45) is 11.1 Å². The lowest BCUT2D eigenvalue weighted by Crippen LogP contribution is -2.45. The van der Waals surface area contributed by atoms with E-state index in [0.717, 1.165) is 38.4 Å². The van der Waals surface area contributed by atoms with Crippen LogP contribution >= 0.6 is 0 Å². The van der Waals surface area contributed by atoms with Crippen LogP contribution in [0.25, 0.3) is 0 Å². The van der Waals surface area contributed by atoms with Crippen molar-refractivity contribution in [2.75, 3.05) is 37.6 Å². The largest absolute Gasteiger partial charge is 0.364 e. The van der Waals surface area contributed by atoms with Gasteiger partial charge < -0.3 is 15.5 Å². The number of anilines is 1. The number of nitrogens with two attached hydrogens (primary N) is 1. The highest BCUT2D eigenvalue weighted by Gasteiger charge is 2.41. The average molecular weight is 380 g/mol. The van der Waals surface area contributed by atoms with E-state index in [2.05, 4.69) is 50.1 Å². The summed E-state index contributed by atoms with van der Waals surface area (Å²) >= 11 is 0. The first-order valence-corrected chi connectivity index (χ1v) is 10.3. The van der Waals surface area contributed by atoms with Gasteiger partial charge in [0.05, 0.1) is 12.4 Å². The van der Waals surface area contributed by atoms with Crippen LogP contribution in [0, 0.1) is 5.41 Å². The molecule has 6 heteroatoms. The molecule has 2 N–H and O–H groups in total. The normalized spacial score (nSPS) is 22.6. The summed E-state index contributed by atoms with van der Waals surface area (Å²) in [5, 5.41) is 0. The Balaban J connectivity index is 1.34. The molecule has 4 rings (SSSR count). The number of hydrogen-bond acceptors (Lipinski definition) is 5. The summed E-state index contributed by atoms with van der Waals surface area (Å²) < 4.78 is 0. The molecule has 2 aliphatic heterocycles. The van der Waals surface area contributed by atoms with Crippen molar-refractivity contribution in [2.45, 2.75) is 32.1 Å². The number of primary amides is 1. The van der Waals surface area contributed by atoms with Crippen LogP contribution in [0.15, 0.2) is 42.7 Å². The quantitative estimate of drug-likeness (QED) is 0.835. The Bertz CT molecular complexity index is 812. The van der Waals surface area contributed by atoms with E-state index < -0.39 is 5.91 Å². The van der Waals surface area contributed by atoms with E-state index in [1.807, 2.05) is 0 Å². The number of piperidine rings is 1. The number of benzene rings is 1. The summed E-state index contributed by atoms with van der Waals surface area (Å²) in [6.45, 7) is 5.47. The second-order valence-corrected chi connectivity index (χ2v) is 8.27. The first kappa shape index (κ1) is 18.9. The number of rotatable bonds is 6. The lowest BCUT2D eigenvalue weighted by Gasteiger charge is -2.40. The Kier molecular flexibility index (Phi) is 5.57. The highest BCUT2D eigenvalue weighted by atomic mass is 16.1. The Morgan fingerprint density at radius 2 is 1.96 bits per heavy atom. The summed E-state index contributed by atoms with van der Waals surface area (Å²) in [6.07, 6.45) is 9.22. The average Bonchev–Trinajstić information content (AvgIpc) is 3.12. The third-order valence-electron chi connectivity index (χ3n) is 6.16. The Hall–Kier alpha value is -2.47. The summed E-state index contributed by atoms with van der Waals surface area (Å²) in [7, 11) is 0. The van der Waals surface area contributed by atoms with Gasteiger partial charge in [-0.2, -0.15) is 0 Å².